The molecule has 2 aliphatic rings. The summed E-state index contributed by atoms with van der Waals surface area (Å²) in [6.45, 7) is 0.453. The summed E-state index contributed by atoms with van der Waals surface area (Å²) < 4.78 is 6.93. The maximum atomic E-state index is 11.8. The Hall–Kier alpha value is -1.97. The number of aliphatic hydroxyl groups excluding tert-OH is 1. The van der Waals surface area contributed by atoms with E-state index in [1.807, 2.05) is 0 Å². The fourth-order valence-electron chi connectivity index (χ4n) is 3.51. The number of imidazole rings is 1. The Morgan fingerprint density at radius 1 is 1.57 bits per heavy atom. The quantitative estimate of drug-likeness (QED) is 0.495. The number of anilines is 1. The molecule has 0 bridgehead atoms. The zero-order chi connectivity index (χ0) is 14.8. The minimum absolute atomic E-state index is 0.0148. The number of aliphatic hydroxyl groups is 2. The van der Waals surface area contributed by atoms with Gasteiger partial charge in [0.1, 0.15) is 5.60 Å². The maximum absolute atomic E-state index is 11.8. The molecule has 1 unspecified atom stereocenters. The molecule has 9 heteroatoms. The Morgan fingerprint density at radius 3 is 3.19 bits per heavy atom. The van der Waals surface area contributed by atoms with E-state index >= 15 is 0 Å². The number of fused-ring (bicyclic) bond motifs is 2. The van der Waals surface area contributed by atoms with Crippen LogP contribution in [0.15, 0.2) is 11.1 Å². The molecule has 3 heterocycles. The van der Waals surface area contributed by atoms with Crippen molar-refractivity contribution in [2.45, 2.75) is 24.2 Å². The van der Waals surface area contributed by atoms with Crippen molar-refractivity contribution in [3.05, 3.63) is 16.7 Å². The van der Waals surface area contributed by atoms with Crippen molar-refractivity contribution in [1.29, 1.82) is 0 Å². The molecule has 0 spiro atoms. The molecule has 0 amide bonds. The van der Waals surface area contributed by atoms with Crippen molar-refractivity contribution < 1.29 is 14.9 Å². The highest BCUT2D eigenvalue weighted by Gasteiger charge is 2.58. The lowest BCUT2D eigenvalue weighted by molar-refractivity contribution is -0.0250. The first kappa shape index (κ1) is 12.7. The van der Waals surface area contributed by atoms with Gasteiger partial charge in [0.05, 0.1) is 31.7 Å². The van der Waals surface area contributed by atoms with Gasteiger partial charge in [0, 0.05) is 5.92 Å². The lowest BCUT2D eigenvalue weighted by Crippen LogP contribution is -2.41. The standard InChI is InChI=1S/C12H15N5O4/c13-11-15-9-8(10(19)16-11)14-4-17(9)7-1-6(18)5-2-21-3-12(5,7)20/h4-7,18,20H,1-3H2,(H3,13,15,16,19)/t5-,6?,7+,12-/m1/s1. The molecule has 21 heavy (non-hydrogen) atoms. The molecule has 4 rings (SSSR count). The molecule has 1 aliphatic carbocycles. The monoisotopic (exact) mass is 293 g/mol. The number of hydrogen-bond donors (Lipinski definition) is 4. The highest BCUT2D eigenvalue weighted by atomic mass is 16.5. The van der Waals surface area contributed by atoms with Crippen LogP contribution >= 0.6 is 0 Å². The fourth-order valence-corrected chi connectivity index (χ4v) is 3.51. The second-order valence-electron chi connectivity index (χ2n) is 5.71. The summed E-state index contributed by atoms with van der Waals surface area (Å²) in [5, 5.41) is 21.0. The number of nitrogens with one attached hydrogen (secondary N) is 1. The minimum Gasteiger partial charge on any atom is -0.393 e. The van der Waals surface area contributed by atoms with Gasteiger partial charge in [-0.3, -0.25) is 9.78 Å². The van der Waals surface area contributed by atoms with Gasteiger partial charge in [-0.25, -0.2) is 4.98 Å². The molecular weight excluding hydrogens is 278 g/mol. The number of ether oxygens (including phenoxy) is 1. The third-order valence-corrected chi connectivity index (χ3v) is 4.57. The molecule has 0 radical (unpaired) electrons. The predicted molar refractivity (Wildman–Crippen MR) is 71.5 cm³/mol. The average Bonchev–Trinajstić information content (AvgIpc) is 3.05. The van der Waals surface area contributed by atoms with Gasteiger partial charge in [0.15, 0.2) is 11.2 Å². The Labute approximate surface area is 118 Å². The van der Waals surface area contributed by atoms with E-state index in [2.05, 4.69) is 15.0 Å². The third-order valence-electron chi connectivity index (χ3n) is 4.57. The molecule has 1 aliphatic heterocycles. The highest BCUT2D eigenvalue weighted by molar-refractivity contribution is 5.70. The lowest BCUT2D eigenvalue weighted by Gasteiger charge is -2.28. The number of rotatable bonds is 1. The molecule has 112 valence electrons. The Kier molecular flexibility index (Phi) is 2.44. The number of aromatic nitrogens is 4. The summed E-state index contributed by atoms with van der Waals surface area (Å²) in [6, 6.07) is -0.460. The van der Waals surface area contributed by atoms with Gasteiger partial charge >= 0.3 is 0 Å². The molecule has 1 saturated heterocycles. The smallest absolute Gasteiger partial charge is 0.280 e. The van der Waals surface area contributed by atoms with E-state index in [1.54, 1.807) is 4.57 Å². The molecule has 1 saturated carbocycles. The van der Waals surface area contributed by atoms with Crippen LogP contribution in [0.25, 0.3) is 11.2 Å². The van der Waals surface area contributed by atoms with Gasteiger partial charge in [-0.1, -0.05) is 0 Å². The van der Waals surface area contributed by atoms with Gasteiger partial charge in [-0.2, -0.15) is 4.98 Å². The van der Waals surface area contributed by atoms with Crippen LogP contribution < -0.4 is 11.3 Å². The summed E-state index contributed by atoms with van der Waals surface area (Å²) in [5.74, 6) is -0.363. The molecule has 0 aromatic carbocycles. The van der Waals surface area contributed by atoms with Crippen molar-refractivity contribution in [2.75, 3.05) is 18.9 Å². The summed E-state index contributed by atoms with van der Waals surface area (Å²) in [4.78, 5) is 22.3. The third kappa shape index (κ3) is 1.59. The van der Waals surface area contributed by atoms with Crippen molar-refractivity contribution in [3.63, 3.8) is 0 Å². The first-order valence-corrected chi connectivity index (χ1v) is 6.71. The van der Waals surface area contributed by atoms with Crippen LogP contribution in [0.5, 0.6) is 0 Å². The van der Waals surface area contributed by atoms with Crippen molar-refractivity contribution in [3.8, 4) is 0 Å². The van der Waals surface area contributed by atoms with Crippen LogP contribution in [0.3, 0.4) is 0 Å². The predicted octanol–water partition coefficient (Wildman–Crippen LogP) is -1.61. The van der Waals surface area contributed by atoms with Crippen LogP contribution in [0.2, 0.25) is 0 Å². The van der Waals surface area contributed by atoms with E-state index in [0.29, 0.717) is 18.7 Å². The zero-order valence-electron chi connectivity index (χ0n) is 11.1. The SMILES string of the molecule is Nc1nc2c(ncn2[C@H]2CC(O)[C@H]3COC[C@@]32O)c(=O)[nH]1. The van der Waals surface area contributed by atoms with Gasteiger partial charge < -0.3 is 25.3 Å². The summed E-state index contributed by atoms with van der Waals surface area (Å²) in [7, 11) is 0. The van der Waals surface area contributed by atoms with Crippen LogP contribution in [0, 0.1) is 5.92 Å². The Bertz CT molecular complexity index is 771. The summed E-state index contributed by atoms with van der Waals surface area (Å²) in [6.07, 6.45) is 1.13. The van der Waals surface area contributed by atoms with Crippen LogP contribution in [-0.4, -0.2) is 54.7 Å². The molecule has 2 aromatic rings. The summed E-state index contributed by atoms with van der Waals surface area (Å²) in [5.41, 5.74) is 4.41. The molecular formula is C12H15N5O4. The topological polar surface area (TPSA) is 139 Å². The second-order valence-corrected chi connectivity index (χ2v) is 5.71. The van der Waals surface area contributed by atoms with Crippen molar-refractivity contribution >= 4 is 17.1 Å². The Morgan fingerprint density at radius 2 is 2.38 bits per heavy atom. The number of nitrogens with two attached hydrogens (primary N) is 1. The maximum Gasteiger partial charge on any atom is 0.280 e. The van der Waals surface area contributed by atoms with Crippen molar-refractivity contribution in [2.24, 2.45) is 5.92 Å². The van der Waals surface area contributed by atoms with Crippen LogP contribution in [-0.2, 0) is 4.74 Å². The van der Waals surface area contributed by atoms with Crippen molar-refractivity contribution in [1.82, 2.24) is 19.5 Å². The minimum atomic E-state index is -1.19. The fraction of sp³-hybridized carbons (Fsp3) is 0.583. The molecule has 4 atom stereocenters. The Balaban J connectivity index is 1.89. The van der Waals surface area contributed by atoms with Gasteiger partial charge in [-0.15, -0.1) is 0 Å². The van der Waals surface area contributed by atoms with E-state index in [4.69, 9.17) is 10.5 Å². The first-order chi connectivity index (χ1) is 10.0. The van der Waals surface area contributed by atoms with Gasteiger partial charge in [0.2, 0.25) is 5.95 Å². The van der Waals surface area contributed by atoms with Crippen LogP contribution in [0.1, 0.15) is 12.5 Å². The average molecular weight is 293 g/mol. The molecule has 2 fully saturated rings. The lowest BCUT2D eigenvalue weighted by atomic mass is 9.91. The van der Waals surface area contributed by atoms with E-state index in [-0.39, 0.29) is 24.0 Å². The van der Waals surface area contributed by atoms with E-state index < -0.39 is 23.3 Å². The zero-order valence-corrected chi connectivity index (χ0v) is 11.1. The largest absolute Gasteiger partial charge is 0.393 e. The number of H-pyrrole nitrogens is 1. The number of nitrogens with zero attached hydrogens (tertiary/aromatic N) is 3. The van der Waals surface area contributed by atoms with E-state index in [1.165, 1.54) is 6.33 Å². The number of nitrogen functional groups attached to an aromatic ring is 1. The molecule has 9 nitrogen and oxygen atoms in total. The number of aromatic amines is 1. The first-order valence-electron chi connectivity index (χ1n) is 6.71. The van der Waals surface area contributed by atoms with E-state index in [9.17, 15) is 15.0 Å². The van der Waals surface area contributed by atoms with Crippen LogP contribution in [0.4, 0.5) is 5.95 Å². The van der Waals surface area contributed by atoms with Gasteiger partial charge in [0.25, 0.3) is 5.56 Å². The van der Waals surface area contributed by atoms with E-state index in [0.717, 1.165) is 0 Å². The highest BCUT2D eigenvalue weighted by Crippen LogP contribution is 2.48. The number of hydrogen-bond acceptors (Lipinski definition) is 7. The second kappa shape index (κ2) is 4.03. The van der Waals surface area contributed by atoms with Gasteiger partial charge in [-0.05, 0) is 6.42 Å². The molecule has 5 N–H and O–H groups in total. The molecule has 2 aromatic heterocycles. The summed E-state index contributed by atoms with van der Waals surface area (Å²) >= 11 is 0. The normalized spacial score (nSPS) is 35.4.